The van der Waals surface area contributed by atoms with E-state index in [0.29, 0.717) is 35.5 Å². The Bertz CT molecular complexity index is 1070. The molecule has 6 nitrogen and oxygen atoms in total. The smallest absolute Gasteiger partial charge is 0.416 e. The summed E-state index contributed by atoms with van der Waals surface area (Å²) < 4.78 is 39.1. The van der Waals surface area contributed by atoms with Gasteiger partial charge in [-0.1, -0.05) is 0 Å². The summed E-state index contributed by atoms with van der Waals surface area (Å²) >= 11 is 0. The number of aryl methyl sites for hydroxylation is 1. The number of phenols is 1. The number of hydrogen-bond acceptors (Lipinski definition) is 6. The van der Waals surface area contributed by atoms with Crippen molar-refractivity contribution in [1.82, 2.24) is 15.2 Å². The Balaban J connectivity index is 1.79. The van der Waals surface area contributed by atoms with Crippen LogP contribution >= 0.6 is 0 Å². The molecule has 4 rings (SSSR count). The molecule has 0 saturated heterocycles. The van der Waals surface area contributed by atoms with Crippen LogP contribution in [0.15, 0.2) is 30.6 Å². The minimum atomic E-state index is -4.56. The van der Waals surface area contributed by atoms with Crippen molar-refractivity contribution in [2.24, 2.45) is 0 Å². The largest absolute Gasteiger partial charge is 0.507 e. The summed E-state index contributed by atoms with van der Waals surface area (Å²) in [4.78, 5) is 4.11. The highest BCUT2D eigenvalue weighted by Crippen LogP contribution is 2.41. The van der Waals surface area contributed by atoms with Gasteiger partial charge in [-0.15, -0.1) is 10.2 Å². The first-order valence-electron chi connectivity index (χ1n) is 9.06. The fraction of sp³-hybridized carbons (Fsp3) is 0.350. The Morgan fingerprint density at radius 1 is 1.17 bits per heavy atom. The fourth-order valence-corrected chi connectivity index (χ4v) is 3.83. The van der Waals surface area contributed by atoms with E-state index in [1.54, 1.807) is 25.4 Å². The number of aliphatic hydroxyl groups is 1. The highest BCUT2D eigenvalue weighted by Gasteiger charge is 2.39. The van der Waals surface area contributed by atoms with Crippen molar-refractivity contribution < 1.29 is 23.4 Å². The molecule has 1 saturated carbocycles. The van der Waals surface area contributed by atoms with Crippen molar-refractivity contribution in [3.05, 3.63) is 41.7 Å². The van der Waals surface area contributed by atoms with Gasteiger partial charge in [0.25, 0.3) is 0 Å². The van der Waals surface area contributed by atoms with Gasteiger partial charge in [-0.25, -0.2) is 0 Å². The van der Waals surface area contributed by atoms with E-state index in [1.165, 1.54) is 6.92 Å². The van der Waals surface area contributed by atoms with Crippen LogP contribution in [0, 0.1) is 6.92 Å². The second kappa shape index (κ2) is 6.55. The Labute approximate surface area is 164 Å². The third-order valence-electron chi connectivity index (χ3n) is 5.17. The van der Waals surface area contributed by atoms with Gasteiger partial charge >= 0.3 is 6.18 Å². The fourth-order valence-electron chi connectivity index (χ4n) is 3.83. The third kappa shape index (κ3) is 3.57. The number of anilines is 1. The van der Waals surface area contributed by atoms with Gasteiger partial charge < -0.3 is 15.5 Å². The molecule has 1 fully saturated rings. The van der Waals surface area contributed by atoms with Crippen LogP contribution in [0.1, 0.15) is 30.9 Å². The molecule has 3 aromatic rings. The minimum Gasteiger partial charge on any atom is -0.507 e. The zero-order valence-corrected chi connectivity index (χ0v) is 15.7. The minimum absolute atomic E-state index is 0.0368. The normalized spacial score (nSPS) is 21.8. The van der Waals surface area contributed by atoms with Gasteiger partial charge in [0.05, 0.1) is 11.2 Å². The van der Waals surface area contributed by atoms with E-state index in [-0.39, 0.29) is 22.9 Å². The molecule has 2 aromatic heterocycles. The van der Waals surface area contributed by atoms with Crippen molar-refractivity contribution in [3.8, 4) is 17.0 Å². The molecule has 3 N–H and O–H groups in total. The zero-order valence-electron chi connectivity index (χ0n) is 15.7. The number of aromatic hydroxyl groups is 1. The standard InChI is InChI=1S/C20H19F3N4O2/c1-10-5-11(20(21,22)23)6-15(28)16(10)17-13-3-4-24-9-14(13)18(27-26-17)25-12-7-19(2,29)8-12/h3-6,9,12,28-29H,7-8H2,1-2H3,(H,25,27). The number of rotatable bonds is 3. The number of nitrogens with one attached hydrogen (secondary N) is 1. The maximum absolute atomic E-state index is 13.0. The average molecular weight is 404 g/mol. The Morgan fingerprint density at radius 3 is 2.52 bits per heavy atom. The molecule has 0 aliphatic heterocycles. The van der Waals surface area contributed by atoms with Crippen molar-refractivity contribution >= 4 is 16.6 Å². The maximum Gasteiger partial charge on any atom is 0.416 e. The van der Waals surface area contributed by atoms with Crippen LogP contribution in [0.3, 0.4) is 0 Å². The van der Waals surface area contributed by atoms with Crippen LogP contribution in [0.2, 0.25) is 0 Å². The number of benzene rings is 1. The monoisotopic (exact) mass is 404 g/mol. The number of nitrogens with zero attached hydrogens (tertiary/aromatic N) is 3. The summed E-state index contributed by atoms with van der Waals surface area (Å²) in [5, 5.41) is 33.1. The van der Waals surface area contributed by atoms with Gasteiger partial charge in [0.2, 0.25) is 0 Å². The van der Waals surface area contributed by atoms with Gasteiger partial charge in [-0.2, -0.15) is 13.2 Å². The number of phenolic OH excluding ortho intramolecular Hbond substituents is 1. The van der Waals surface area contributed by atoms with E-state index in [0.717, 1.165) is 6.07 Å². The van der Waals surface area contributed by atoms with E-state index in [2.05, 4.69) is 20.5 Å². The summed E-state index contributed by atoms with van der Waals surface area (Å²) in [7, 11) is 0. The summed E-state index contributed by atoms with van der Waals surface area (Å²) in [6.45, 7) is 3.25. The Hall–Kier alpha value is -2.94. The molecule has 0 unspecified atom stereocenters. The Morgan fingerprint density at radius 2 is 1.90 bits per heavy atom. The zero-order chi connectivity index (χ0) is 21.0. The topological polar surface area (TPSA) is 91.2 Å². The quantitative estimate of drug-likeness (QED) is 0.610. The number of hydrogen-bond donors (Lipinski definition) is 3. The molecule has 1 aliphatic carbocycles. The van der Waals surface area contributed by atoms with Gasteiger partial charge in [-0.05, 0) is 50.5 Å². The lowest BCUT2D eigenvalue weighted by Gasteiger charge is -2.41. The first kappa shape index (κ1) is 19.4. The molecule has 152 valence electrons. The van der Waals surface area contributed by atoms with E-state index >= 15 is 0 Å². The van der Waals surface area contributed by atoms with Crippen LogP contribution in [-0.2, 0) is 6.18 Å². The van der Waals surface area contributed by atoms with Crippen LogP contribution in [0.25, 0.3) is 22.0 Å². The molecule has 1 aromatic carbocycles. The molecule has 9 heteroatoms. The van der Waals surface area contributed by atoms with Crippen molar-refractivity contribution in [1.29, 1.82) is 0 Å². The summed E-state index contributed by atoms with van der Waals surface area (Å²) in [5.74, 6) is -0.0399. The third-order valence-corrected chi connectivity index (χ3v) is 5.17. The van der Waals surface area contributed by atoms with E-state index in [4.69, 9.17) is 0 Å². The van der Waals surface area contributed by atoms with Gasteiger partial charge in [0.15, 0.2) is 5.82 Å². The van der Waals surface area contributed by atoms with E-state index in [1.807, 2.05) is 0 Å². The molecule has 0 atom stereocenters. The van der Waals surface area contributed by atoms with Gasteiger partial charge in [0.1, 0.15) is 11.4 Å². The number of aromatic nitrogens is 3. The second-order valence-electron chi connectivity index (χ2n) is 7.75. The summed E-state index contributed by atoms with van der Waals surface area (Å²) in [6, 6.07) is 3.39. The summed E-state index contributed by atoms with van der Waals surface area (Å²) in [5.41, 5.74) is -0.925. The van der Waals surface area contributed by atoms with Gasteiger partial charge in [0, 0.05) is 34.8 Å². The van der Waals surface area contributed by atoms with Gasteiger partial charge in [-0.3, -0.25) is 4.98 Å². The predicted octanol–water partition coefficient (Wildman–Crippen LogP) is 4.05. The molecule has 29 heavy (non-hydrogen) atoms. The van der Waals surface area contributed by atoms with Crippen molar-refractivity contribution in [3.63, 3.8) is 0 Å². The van der Waals surface area contributed by atoms with Crippen LogP contribution in [-0.4, -0.2) is 37.0 Å². The van der Waals surface area contributed by atoms with E-state index in [9.17, 15) is 23.4 Å². The molecule has 0 bridgehead atoms. The molecular formula is C20H19F3N4O2. The SMILES string of the molecule is Cc1cc(C(F)(F)F)cc(O)c1-c1nnc(NC2CC(C)(O)C2)c2cnccc12. The number of fused-ring (bicyclic) bond motifs is 1. The van der Waals surface area contributed by atoms with Crippen molar-refractivity contribution in [2.75, 3.05) is 5.32 Å². The average Bonchev–Trinajstić information content (AvgIpc) is 2.60. The number of halogens is 3. The molecular weight excluding hydrogens is 385 g/mol. The lowest BCUT2D eigenvalue weighted by atomic mass is 9.77. The second-order valence-corrected chi connectivity index (χ2v) is 7.75. The first-order valence-corrected chi connectivity index (χ1v) is 9.06. The first-order chi connectivity index (χ1) is 13.5. The van der Waals surface area contributed by atoms with Crippen LogP contribution in [0.4, 0.5) is 19.0 Å². The number of pyridine rings is 1. The Kier molecular flexibility index (Phi) is 4.38. The molecule has 1 aliphatic rings. The highest BCUT2D eigenvalue weighted by molar-refractivity contribution is 6.01. The molecule has 2 heterocycles. The van der Waals surface area contributed by atoms with Crippen molar-refractivity contribution in [2.45, 2.75) is 44.5 Å². The lowest BCUT2D eigenvalue weighted by molar-refractivity contribution is -0.137. The van der Waals surface area contributed by atoms with E-state index < -0.39 is 23.1 Å². The molecule has 0 amide bonds. The highest BCUT2D eigenvalue weighted by atomic mass is 19.4. The summed E-state index contributed by atoms with van der Waals surface area (Å²) in [6.07, 6.45) is -0.296. The maximum atomic E-state index is 13.0. The number of alkyl halides is 3. The van der Waals surface area contributed by atoms with Crippen LogP contribution < -0.4 is 5.32 Å². The predicted molar refractivity (Wildman–Crippen MR) is 101 cm³/mol. The molecule has 0 radical (unpaired) electrons. The van der Waals surface area contributed by atoms with Crippen LogP contribution in [0.5, 0.6) is 5.75 Å². The molecule has 0 spiro atoms. The lowest BCUT2D eigenvalue weighted by Crippen LogP contribution is -2.48.